The zero-order valence-corrected chi connectivity index (χ0v) is 8.72. The number of carbonyl (C=O) groups is 1. The van der Waals surface area contributed by atoms with Crippen LogP contribution in [0.25, 0.3) is 0 Å². The third-order valence-corrected chi connectivity index (χ3v) is 1.40. The van der Waals surface area contributed by atoms with Gasteiger partial charge >= 0.3 is 6.09 Å². The molecule has 0 saturated heterocycles. The minimum atomic E-state index is -0.592. The van der Waals surface area contributed by atoms with E-state index in [2.05, 4.69) is 4.74 Å². The number of methoxy groups -OCH3 is 1. The lowest BCUT2D eigenvalue weighted by molar-refractivity contribution is -0.0475. The van der Waals surface area contributed by atoms with Crippen LogP contribution < -0.4 is 0 Å². The normalized spacial score (nSPS) is 10.1. The van der Waals surface area contributed by atoms with E-state index in [1.54, 1.807) is 0 Å². The molecule has 0 unspecified atom stereocenters. The summed E-state index contributed by atoms with van der Waals surface area (Å²) in [5.41, 5.74) is 0. The van der Waals surface area contributed by atoms with Gasteiger partial charge in [0, 0.05) is 0 Å². The lowest BCUT2D eigenvalue weighted by Crippen LogP contribution is -2.35. The molecule has 90 valence electrons. The van der Waals surface area contributed by atoms with Crippen LogP contribution in [0.4, 0.5) is 4.79 Å². The summed E-state index contributed by atoms with van der Waals surface area (Å²) in [4.78, 5) is 12.3. The quantitative estimate of drug-likeness (QED) is 0.405. The summed E-state index contributed by atoms with van der Waals surface area (Å²) in [6.07, 6.45) is -0.592. The fourth-order valence-corrected chi connectivity index (χ4v) is 0.750. The molecule has 2 N–H and O–H groups in total. The maximum absolute atomic E-state index is 11.1. The molecule has 15 heavy (non-hydrogen) atoms. The molecule has 0 bridgehead atoms. The van der Waals surface area contributed by atoms with Crippen molar-refractivity contribution in [3.63, 3.8) is 0 Å². The summed E-state index contributed by atoms with van der Waals surface area (Å²) in [6.45, 7) is -0.0304. The van der Waals surface area contributed by atoms with Gasteiger partial charge in [-0.2, -0.15) is 0 Å². The molecule has 7 nitrogen and oxygen atoms in total. The molecule has 0 saturated carbocycles. The van der Waals surface area contributed by atoms with Crippen molar-refractivity contribution in [2.75, 3.05) is 47.0 Å². The van der Waals surface area contributed by atoms with Gasteiger partial charge in [0.05, 0.1) is 33.5 Å². The van der Waals surface area contributed by atoms with Gasteiger partial charge in [-0.1, -0.05) is 0 Å². The van der Waals surface area contributed by atoms with Crippen LogP contribution in [-0.4, -0.2) is 68.2 Å². The average Bonchev–Trinajstić information content (AvgIpc) is 2.26. The fourth-order valence-electron chi connectivity index (χ4n) is 0.750. The van der Waals surface area contributed by atoms with E-state index in [4.69, 9.17) is 19.7 Å². The average molecular weight is 223 g/mol. The molecule has 0 fully saturated rings. The molecule has 0 aromatic carbocycles. The highest BCUT2D eigenvalue weighted by Gasteiger charge is 2.13. The molecule has 0 rings (SSSR count). The third kappa shape index (κ3) is 7.09. The number of amides is 1. The Labute approximate surface area is 88.1 Å². The minimum absolute atomic E-state index is 0.0291. The molecule has 1 amide bonds. The predicted octanol–water partition coefficient (Wildman–Crippen LogP) is -1.01. The SMILES string of the molecule is COC(=O)N(COCCO)COCCO. The predicted molar refractivity (Wildman–Crippen MR) is 50.1 cm³/mol. The van der Waals surface area contributed by atoms with Crippen molar-refractivity contribution >= 4 is 6.09 Å². The molecule has 0 aliphatic heterocycles. The van der Waals surface area contributed by atoms with Crippen LogP contribution in [0.5, 0.6) is 0 Å². The van der Waals surface area contributed by atoms with Crippen LogP contribution >= 0.6 is 0 Å². The highest BCUT2D eigenvalue weighted by atomic mass is 16.6. The Kier molecular flexibility index (Phi) is 9.08. The highest BCUT2D eigenvalue weighted by Crippen LogP contribution is 1.94. The summed E-state index contributed by atoms with van der Waals surface area (Å²) in [7, 11) is 1.24. The van der Waals surface area contributed by atoms with Crippen molar-refractivity contribution in [1.82, 2.24) is 4.90 Å². The Morgan fingerprint density at radius 3 is 1.93 bits per heavy atom. The van der Waals surface area contributed by atoms with Crippen LogP contribution in [0, 0.1) is 0 Å². The second-order valence-electron chi connectivity index (χ2n) is 2.53. The lowest BCUT2D eigenvalue weighted by Gasteiger charge is -2.20. The van der Waals surface area contributed by atoms with Gasteiger partial charge in [-0.3, -0.25) is 4.90 Å². The summed E-state index contributed by atoms with van der Waals surface area (Å²) < 4.78 is 14.3. The lowest BCUT2D eigenvalue weighted by atomic mass is 10.7. The Bertz CT molecular complexity index is 155. The van der Waals surface area contributed by atoms with E-state index in [9.17, 15) is 4.79 Å². The number of ether oxygens (including phenoxy) is 3. The van der Waals surface area contributed by atoms with Crippen LogP contribution in [0.15, 0.2) is 0 Å². The topological polar surface area (TPSA) is 88.5 Å². The molecule has 0 heterocycles. The van der Waals surface area contributed by atoms with Crippen LogP contribution in [0.1, 0.15) is 0 Å². The Morgan fingerprint density at radius 2 is 1.60 bits per heavy atom. The first kappa shape index (κ1) is 14.1. The second-order valence-corrected chi connectivity index (χ2v) is 2.53. The van der Waals surface area contributed by atoms with E-state index in [1.165, 1.54) is 7.11 Å². The maximum Gasteiger partial charge on any atom is 0.413 e. The molecular formula is C8H17NO6. The largest absolute Gasteiger partial charge is 0.453 e. The van der Waals surface area contributed by atoms with Gasteiger partial charge in [-0.15, -0.1) is 0 Å². The minimum Gasteiger partial charge on any atom is -0.453 e. The fraction of sp³-hybridized carbons (Fsp3) is 0.875. The number of aliphatic hydroxyl groups is 2. The first-order chi connectivity index (χ1) is 7.26. The zero-order valence-electron chi connectivity index (χ0n) is 8.72. The zero-order chi connectivity index (χ0) is 11.5. The summed E-state index contributed by atoms with van der Waals surface area (Å²) in [5.74, 6) is 0. The van der Waals surface area contributed by atoms with Gasteiger partial charge in [0.15, 0.2) is 0 Å². The molecule has 7 heteroatoms. The molecule has 0 aliphatic rings. The molecule has 0 aliphatic carbocycles. The van der Waals surface area contributed by atoms with Gasteiger partial charge in [0.1, 0.15) is 13.5 Å². The highest BCUT2D eigenvalue weighted by molar-refractivity contribution is 5.66. The molecule has 0 aromatic rings. The maximum atomic E-state index is 11.1. The van der Waals surface area contributed by atoms with E-state index in [-0.39, 0.29) is 39.9 Å². The Morgan fingerprint density at radius 1 is 1.13 bits per heavy atom. The molecule has 0 atom stereocenters. The standard InChI is InChI=1S/C8H17NO6/c1-13-8(12)9(6-14-4-2-10)7-15-5-3-11/h10-11H,2-7H2,1H3. The molecule has 0 aromatic heterocycles. The first-order valence-electron chi connectivity index (χ1n) is 4.46. The van der Waals surface area contributed by atoms with Crippen molar-refractivity contribution in [2.45, 2.75) is 0 Å². The third-order valence-electron chi connectivity index (χ3n) is 1.40. The van der Waals surface area contributed by atoms with E-state index in [0.717, 1.165) is 4.90 Å². The molecular weight excluding hydrogens is 206 g/mol. The van der Waals surface area contributed by atoms with Crippen molar-refractivity contribution in [2.24, 2.45) is 0 Å². The van der Waals surface area contributed by atoms with E-state index in [1.807, 2.05) is 0 Å². The van der Waals surface area contributed by atoms with Crippen LogP contribution in [-0.2, 0) is 14.2 Å². The smallest absolute Gasteiger partial charge is 0.413 e. The van der Waals surface area contributed by atoms with Crippen LogP contribution in [0.2, 0.25) is 0 Å². The van der Waals surface area contributed by atoms with Gasteiger partial charge in [0.25, 0.3) is 0 Å². The van der Waals surface area contributed by atoms with Gasteiger partial charge in [-0.05, 0) is 0 Å². The summed E-state index contributed by atoms with van der Waals surface area (Å²) in [5, 5.41) is 16.9. The van der Waals surface area contributed by atoms with E-state index in [0.29, 0.717) is 0 Å². The Hall–Kier alpha value is -0.890. The van der Waals surface area contributed by atoms with Crippen molar-refractivity contribution in [3.05, 3.63) is 0 Å². The van der Waals surface area contributed by atoms with Crippen molar-refractivity contribution in [3.8, 4) is 0 Å². The van der Waals surface area contributed by atoms with E-state index >= 15 is 0 Å². The van der Waals surface area contributed by atoms with Gasteiger partial charge in [0.2, 0.25) is 0 Å². The number of nitrogens with zero attached hydrogens (tertiary/aromatic N) is 1. The number of rotatable bonds is 8. The number of hydrogen-bond donors (Lipinski definition) is 2. The van der Waals surface area contributed by atoms with Gasteiger partial charge < -0.3 is 24.4 Å². The number of carbonyl (C=O) groups excluding carboxylic acids is 1. The summed E-state index contributed by atoms with van der Waals surface area (Å²) >= 11 is 0. The molecule has 0 radical (unpaired) electrons. The van der Waals surface area contributed by atoms with E-state index < -0.39 is 6.09 Å². The second kappa shape index (κ2) is 9.66. The monoisotopic (exact) mass is 223 g/mol. The molecule has 0 spiro atoms. The first-order valence-corrected chi connectivity index (χ1v) is 4.46. The van der Waals surface area contributed by atoms with Gasteiger partial charge in [-0.25, -0.2) is 4.79 Å². The van der Waals surface area contributed by atoms with Crippen LogP contribution in [0.3, 0.4) is 0 Å². The van der Waals surface area contributed by atoms with Crippen molar-refractivity contribution in [1.29, 1.82) is 0 Å². The van der Waals surface area contributed by atoms with Crippen molar-refractivity contribution < 1.29 is 29.2 Å². The Balaban J connectivity index is 3.79. The number of hydrogen-bond acceptors (Lipinski definition) is 6. The summed E-state index contributed by atoms with van der Waals surface area (Å²) in [6, 6.07) is 0. The number of aliphatic hydroxyl groups excluding tert-OH is 2.